The molecule has 7 heteroatoms. The molecule has 0 aliphatic rings. The van der Waals surface area contributed by atoms with Crippen LogP contribution in [0, 0.1) is 0 Å². The van der Waals surface area contributed by atoms with E-state index in [1.165, 1.54) is 11.3 Å². The van der Waals surface area contributed by atoms with Crippen LogP contribution in [0.5, 0.6) is 0 Å². The third-order valence-corrected chi connectivity index (χ3v) is 5.52. The maximum Gasteiger partial charge on any atom is 0.263 e. The van der Waals surface area contributed by atoms with Gasteiger partial charge in [0.2, 0.25) is 5.91 Å². The molecule has 1 heterocycles. The van der Waals surface area contributed by atoms with Crippen LogP contribution in [0.1, 0.15) is 41.8 Å². The van der Waals surface area contributed by atoms with Gasteiger partial charge in [0.1, 0.15) is 9.88 Å². The Hall–Kier alpha value is -2.77. The van der Waals surface area contributed by atoms with Crippen molar-refractivity contribution in [2.45, 2.75) is 32.1 Å². The maximum atomic E-state index is 12.3. The van der Waals surface area contributed by atoms with Gasteiger partial charge in [-0.2, -0.15) is 0 Å². The molecule has 0 fully saturated rings. The first kappa shape index (κ1) is 20.0. The third-order valence-electron chi connectivity index (χ3n) is 4.49. The highest BCUT2D eigenvalue weighted by Crippen LogP contribution is 2.31. The van der Waals surface area contributed by atoms with Crippen molar-refractivity contribution >= 4 is 33.9 Å². The minimum absolute atomic E-state index is 0.108. The molecule has 2 amide bonds. The Morgan fingerprint density at radius 1 is 1.00 bits per heavy atom. The summed E-state index contributed by atoms with van der Waals surface area (Å²) in [4.78, 5) is 28.3. The Kier molecular flexibility index (Phi) is 7.11. The molecule has 3 aromatic rings. The highest BCUT2D eigenvalue weighted by atomic mass is 32.1. The predicted octanol–water partition coefficient (Wildman–Crippen LogP) is 4.15. The lowest BCUT2D eigenvalue weighted by Crippen LogP contribution is -2.23. The van der Waals surface area contributed by atoms with Crippen molar-refractivity contribution in [3.8, 4) is 10.6 Å². The topological polar surface area (TPSA) is 91.3 Å². The number of thiazole rings is 1. The molecule has 0 aliphatic carbocycles. The van der Waals surface area contributed by atoms with Gasteiger partial charge in [0, 0.05) is 18.5 Å². The number of aromatic nitrogens is 1. The number of hydrogen-bond acceptors (Lipinski definition) is 5. The highest BCUT2D eigenvalue weighted by molar-refractivity contribution is 7.17. The molecular formula is C21H23N3O3S. The fourth-order valence-corrected chi connectivity index (χ4v) is 3.90. The molecular weight excluding hydrogens is 374 g/mol. The zero-order chi connectivity index (χ0) is 19.8. The number of amides is 2. The summed E-state index contributed by atoms with van der Waals surface area (Å²) in [5, 5.41) is 14.5. The second-order valence-electron chi connectivity index (χ2n) is 6.51. The van der Waals surface area contributed by atoms with Crippen LogP contribution in [0.15, 0.2) is 48.7 Å². The number of hydrogen-bond donors (Lipinski definition) is 3. The van der Waals surface area contributed by atoms with Gasteiger partial charge in [0.15, 0.2) is 0 Å². The number of nitrogens with one attached hydrogen (secondary N) is 2. The van der Waals surface area contributed by atoms with Gasteiger partial charge in [-0.25, -0.2) is 10.5 Å². The number of carbonyl (C=O) groups excluding carboxylic acids is 2. The first-order valence-corrected chi connectivity index (χ1v) is 10.2. The van der Waals surface area contributed by atoms with E-state index in [0.29, 0.717) is 17.8 Å². The first-order chi connectivity index (χ1) is 13.7. The minimum Gasteiger partial charge on any atom is -0.351 e. The number of nitrogens with zero attached hydrogens (tertiary/aromatic N) is 1. The first-order valence-electron chi connectivity index (χ1n) is 9.34. The van der Waals surface area contributed by atoms with E-state index in [1.807, 2.05) is 24.3 Å². The summed E-state index contributed by atoms with van der Waals surface area (Å²) in [7, 11) is 0. The summed E-state index contributed by atoms with van der Waals surface area (Å²) in [6, 6.07) is 14.2. The lowest BCUT2D eigenvalue weighted by Gasteiger charge is -2.04. The van der Waals surface area contributed by atoms with Crippen molar-refractivity contribution in [1.29, 1.82) is 0 Å². The SMILES string of the molecule is O=C(CCCCCCNC(=O)c1cnc(-c2cccc3ccccc23)s1)NO. The summed E-state index contributed by atoms with van der Waals surface area (Å²) in [6.07, 6.45) is 5.33. The van der Waals surface area contributed by atoms with Crippen molar-refractivity contribution in [2.75, 3.05) is 6.54 Å². The van der Waals surface area contributed by atoms with Gasteiger partial charge in [-0.1, -0.05) is 55.3 Å². The van der Waals surface area contributed by atoms with Crippen molar-refractivity contribution in [3.63, 3.8) is 0 Å². The zero-order valence-corrected chi connectivity index (χ0v) is 16.3. The van der Waals surface area contributed by atoms with Crippen LogP contribution in [0.25, 0.3) is 21.3 Å². The van der Waals surface area contributed by atoms with Crippen molar-refractivity contribution < 1.29 is 14.8 Å². The molecule has 0 spiro atoms. The van der Waals surface area contributed by atoms with E-state index >= 15 is 0 Å². The second-order valence-corrected chi connectivity index (χ2v) is 7.54. The Balaban J connectivity index is 1.50. The molecule has 0 saturated carbocycles. The number of hydroxylamine groups is 1. The van der Waals surface area contributed by atoms with E-state index in [1.54, 1.807) is 11.7 Å². The minimum atomic E-state index is -0.361. The number of rotatable bonds is 9. The molecule has 3 rings (SSSR count). The van der Waals surface area contributed by atoms with Gasteiger partial charge in [-0.05, 0) is 23.6 Å². The van der Waals surface area contributed by atoms with Crippen LogP contribution in [0.3, 0.4) is 0 Å². The number of fused-ring (bicyclic) bond motifs is 1. The summed E-state index contributed by atoms with van der Waals surface area (Å²) < 4.78 is 0. The molecule has 0 radical (unpaired) electrons. The monoisotopic (exact) mass is 397 g/mol. The smallest absolute Gasteiger partial charge is 0.263 e. The normalized spacial score (nSPS) is 10.8. The van der Waals surface area contributed by atoms with Crippen molar-refractivity contribution in [2.24, 2.45) is 0 Å². The van der Waals surface area contributed by atoms with E-state index in [-0.39, 0.29) is 11.8 Å². The molecule has 146 valence electrons. The molecule has 6 nitrogen and oxygen atoms in total. The summed E-state index contributed by atoms with van der Waals surface area (Å²) in [5.41, 5.74) is 2.66. The highest BCUT2D eigenvalue weighted by Gasteiger charge is 2.13. The Morgan fingerprint density at radius 2 is 1.79 bits per heavy atom. The molecule has 0 atom stereocenters. The van der Waals surface area contributed by atoms with E-state index < -0.39 is 0 Å². The summed E-state index contributed by atoms with van der Waals surface area (Å²) >= 11 is 1.40. The largest absolute Gasteiger partial charge is 0.351 e. The van der Waals surface area contributed by atoms with Gasteiger partial charge < -0.3 is 5.32 Å². The van der Waals surface area contributed by atoms with Crippen LogP contribution < -0.4 is 10.8 Å². The van der Waals surface area contributed by atoms with Gasteiger partial charge in [-0.3, -0.25) is 14.8 Å². The van der Waals surface area contributed by atoms with Crippen LogP contribution in [-0.2, 0) is 4.79 Å². The van der Waals surface area contributed by atoms with Gasteiger partial charge in [-0.15, -0.1) is 11.3 Å². The molecule has 3 N–H and O–H groups in total. The van der Waals surface area contributed by atoms with E-state index in [2.05, 4.69) is 28.5 Å². The molecule has 0 aliphatic heterocycles. The van der Waals surface area contributed by atoms with Crippen molar-refractivity contribution in [1.82, 2.24) is 15.8 Å². The Bertz CT molecular complexity index is 949. The molecule has 0 saturated heterocycles. The van der Waals surface area contributed by atoms with E-state index in [9.17, 15) is 9.59 Å². The van der Waals surface area contributed by atoms with Crippen LogP contribution in [-0.4, -0.2) is 28.6 Å². The second kappa shape index (κ2) is 9.96. The lowest BCUT2D eigenvalue weighted by atomic mass is 10.1. The van der Waals surface area contributed by atoms with Gasteiger partial charge in [0.25, 0.3) is 5.91 Å². The fraction of sp³-hybridized carbons (Fsp3) is 0.286. The number of unbranched alkanes of at least 4 members (excludes halogenated alkanes) is 3. The quantitative estimate of drug-likeness (QED) is 0.287. The van der Waals surface area contributed by atoms with Crippen LogP contribution >= 0.6 is 11.3 Å². The van der Waals surface area contributed by atoms with E-state index in [4.69, 9.17) is 5.21 Å². The summed E-state index contributed by atoms with van der Waals surface area (Å²) in [5.74, 6) is -0.468. The van der Waals surface area contributed by atoms with Crippen molar-refractivity contribution in [3.05, 3.63) is 53.5 Å². The van der Waals surface area contributed by atoms with Gasteiger partial charge in [0.05, 0.1) is 6.20 Å². The Labute approximate surface area is 167 Å². The average molecular weight is 398 g/mol. The zero-order valence-electron chi connectivity index (χ0n) is 15.5. The van der Waals surface area contributed by atoms with Crippen LogP contribution in [0.2, 0.25) is 0 Å². The number of carbonyl (C=O) groups is 2. The molecule has 0 bridgehead atoms. The maximum absolute atomic E-state index is 12.3. The summed E-state index contributed by atoms with van der Waals surface area (Å²) in [6.45, 7) is 0.590. The van der Waals surface area contributed by atoms with Gasteiger partial charge >= 0.3 is 0 Å². The van der Waals surface area contributed by atoms with E-state index in [0.717, 1.165) is 47.0 Å². The molecule has 1 aromatic heterocycles. The molecule has 28 heavy (non-hydrogen) atoms. The standard InChI is InChI=1S/C21H23N3O3S/c25-19(24-27)12-3-1-2-6-13-22-20(26)18-14-23-21(28-18)17-11-7-9-15-8-4-5-10-16(15)17/h4-5,7-11,14,27H,1-3,6,12-13H2,(H,22,26)(H,24,25). The third kappa shape index (κ3) is 5.15. The fourth-order valence-electron chi connectivity index (χ4n) is 3.02. The molecule has 0 unspecified atom stereocenters. The average Bonchev–Trinajstić information content (AvgIpc) is 3.22. The predicted molar refractivity (Wildman–Crippen MR) is 110 cm³/mol. The van der Waals surface area contributed by atoms with Crippen LogP contribution in [0.4, 0.5) is 0 Å². The Morgan fingerprint density at radius 3 is 2.64 bits per heavy atom. The lowest BCUT2D eigenvalue weighted by molar-refractivity contribution is -0.129. The molecule has 2 aromatic carbocycles. The number of benzene rings is 2.